The maximum Gasteiger partial charge on any atom is 0.247 e. The van der Waals surface area contributed by atoms with Crippen molar-refractivity contribution in [3.8, 4) is 5.75 Å². The topological polar surface area (TPSA) is 82.6 Å². The number of piperazine rings is 1. The van der Waals surface area contributed by atoms with Crippen LogP contribution in [0.4, 0.5) is 23.0 Å². The van der Waals surface area contributed by atoms with E-state index in [9.17, 15) is 4.79 Å². The molecule has 2 N–H and O–H groups in total. The number of carbonyl (C=O) groups is 1. The molecule has 2 unspecified atom stereocenters. The summed E-state index contributed by atoms with van der Waals surface area (Å²) < 4.78 is 5.24. The fourth-order valence-corrected chi connectivity index (χ4v) is 3.86. The van der Waals surface area contributed by atoms with Gasteiger partial charge in [0.05, 0.1) is 7.11 Å². The van der Waals surface area contributed by atoms with Gasteiger partial charge >= 0.3 is 0 Å². The Labute approximate surface area is 171 Å². The van der Waals surface area contributed by atoms with Crippen molar-refractivity contribution in [3.05, 3.63) is 30.6 Å². The van der Waals surface area contributed by atoms with E-state index in [1.165, 1.54) is 5.69 Å². The molecule has 8 heteroatoms. The van der Waals surface area contributed by atoms with Gasteiger partial charge in [-0.2, -0.15) is 0 Å². The average Bonchev–Trinajstić information content (AvgIpc) is 2.78. The Morgan fingerprint density at radius 1 is 1.14 bits per heavy atom. The highest BCUT2D eigenvalue weighted by molar-refractivity contribution is 6.05. The van der Waals surface area contributed by atoms with Gasteiger partial charge in [0.25, 0.3) is 0 Å². The number of hydrogen-bond acceptors (Lipinski definition) is 7. The number of carbonyl (C=O) groups excluding carboxylic acids is 1. The van der Waals surface area contributed by atoms with E-state index in [1.54, 1.807) is 13.4 Å². The Bertz CT molecular complexity index is 864. The molecule has 3 heterocycles. The van der Waals surface area contributed by atoms with Gasteiger partial charge in [0.15, 0.2) is 11.6 Å². The Hall–Kier alpha value is -3.03. The van der Waals surface area contributed by atoms with Crippen LogP contribution < -0.4 is 25.2 Å². The number of nitrogens with zero attached hydrogens (tertiary/aromatic N) is 4. The van der Waals surface area contributed by atoms with Crippen molar-refractivity contribution in [2.24, 2.45) is 5.92 Å². The third kappa shape index (κ3) is 3.79. The van der Waals surface area contributed by atoms with Crippen molar-refractivity contribution in [3.63, 3.8) is 0 Å². The summed E-state index contributed by atoms with van der Waals surface area (Å²) in [6, 6.07) is 7.87. The average molecular weight is 396 g/mol. The zero-order chi connectivity index (χ0) is 20.4. The lowest BCUT2D eigenvalue weighted by molar-refractivity contribution is -0.118. The summed E-state index contributed by atoms with van der Waals surface area (Å²) in [5.74, 6) is 2.57. The highest BCUT2D eigenvalue weighted by atomic mass is 16.5. The summed E-state index contributed by atoms with van der Waals surface area (Å²) in [5.41, 5.74) is 1.87. The largest absolute Gasteiger partial charge is 0.497 e. The molecule has 154 valence electrons. The lowest BCUT2D eigenvalue weighted by atomic mass is 9.97. The first-order valence-corrected chi connectivity index (χ1v) is 10.2. The van der Waals surface area contributed by atoms with Gasteiger partial charge < -0.3 is 25.2 Å². The monoisotopic (exact) mass is 396 g/mol. The maximum absolute atomic E-state index is 12.6. The van der Waals surface area contributed by atoms with E-state index >= 15 is 0 Å². The highest BCUT2D eigenvalue weighted by Crippen LogP contribution is 2.35. The highest BCUT2D eigenvalue weighted by Gasteiger charge is 2.33. The Morgan fingerprint density at radius 3 is 2.48 bits per heavy atom. The molecule has 1 aromatic carbocycles. The first kappa shape index (κ1) is 19.3. The Balaban J connectivity index is 1.47. The lowest BCUT2D eigenvalue weighted by Gasteiger charge is -2.38. The van der Waals surface area contributed by atoms with E-state index in [-0.39, 0.29) is 17.9 Å². The van der Waals surface area contributed by atoms with Crippen LogP contribution in [-0.2, 0) is 4.79 Å². The van der Waals surface area contributed by atoms with Gasteiger partial charge in [-0.3, -0.25) is 4.79 Å². The minimum atomic E-state index is -0.262. The first-order chi connectivity index (χ1) is 14.1. The van der Waals surface area contributed by atoms with Gasteiger partial charge in [-0.05, 0) is 30.2 Å². The lowest BCUT2D eigenvalue weighted by Crippen LogP contribution is -2.48. The molecule has 1 amide bonds. The van der Waals surface area contributed by atoms with Crippen molar-refractivity contribution in [1.29, 1.82) is 0 Å². The minimum Gasteiger partial charge on any atom is -0.497 e. The molecule has 0 bridgehead atoms. The normalized spacial score (nSPS) is 19.8. The number of hydrogen-bond donors (Lipinski definition) is 2. The molecule has 2 aromatic rings. The minimum absolute atomic E-state index is 0.0141. The van der Waals surface area contributed by atoms with Crippen molar-refractivity contribution in [1.82, 2.24) is 9.97 Å². The molecule has 2 aliphatic heterocycles. The predicted molar refractivity (Wildman–Crippen MR) is 115 cm³/mol. The number of fused-ring (bicyclic) bond motifs is 1. The molecule has 0 spiro atoms. The van der Waals surface area contributed by atoms with Crippen molar-refractivity contribution < 1.29 is 9.53 Å². The summed E-state index contributed by atoms with van der Waals surface area (Å²) in [6.07, 6.45) is 2.49. The second-order valence-electron chi connectivity index (χ2n) is 7.59. The predicted octanol–water partition coefficient (Wildman–Crippen LogP) is 2.59. The van der Waals surface area contributed by atoms with Gasteiger partial charge in [0, 0.05) is 31.9 Å². The number of ether oxygens (including phenoxy) is 1. The van der Waals surface area contributed by atoms with E-state index < -0.39 is 0 Å². The summed E-state index contributed by atoms with van der Waals surface area (Å²) in [7, 11) is 1.68. The van der Waals surface area contributed by atoms with Crippen LogP contribution in [-0.4, -0.2) is 55.2 Å². The molecule has 1 aromatic heterocycles. The zero-order valence-corrected chi connectivity index (χ0v) is 17.2. The summed E-state index contributed by atoms with van der Waals surface area (Å²) >= 11 is 0. The fraction of sp³-hybridized carbons (Fsp3) is 0.476. The van der Waals surface area contributed by atoms with Gasteiger partial charge in [0.2, 0.25) is 5.91 Å². The van der Waals surface area contributed by atoms with Crippen LogP contribution in [0.5, 0.6) is 5.75 Å². The number of rotatable bonds is 5. The third-order valence-corrected chi connectivity index (χ3v) is 5.88. The van der Waals surface area contributed by atoms with E-state index in [0.29, 0.717) is 11.5 Å². The van der Waals surface area contributed by atoms with Crippen molar-refractivity contribution >= 4 is 28.9 Å². The van der Waals surface area contributed by atoms with Crippen LogP contribution in [0.3, 0.4) is 0 Å². The molecule has 2 aliphatic rings. The van der Waals surface area contributed by atoms with Gasteiger partial charge in [0.1, 0.15) is 23.8 Å². The molecular weight excluding hydrogens is 368 g/mol. The van der Waals surface area contributed by atoms with E-state index in [2.05, 4.69) is 56.4 Å². The fourth-order valence-electron chi connectivity index (χ4n) is 3.86. The van der Waals surface area contributed by atoms with Crippen molar-refractivity contribution in [2.45, 2.75) is 26.3 Å². The molecule has 0 radical (unpaired) electrons. The molecule has 4 rings (SSSR count). The summed E-state index contributed by atoms with van der Waals surface area (Å²) in [4.78, 5) is 26.0. The molecule has 8 nitrogen and oxygen atoms in total. The molecule has 2 atom stereocenters. The van der Waals surface area contributed by atoms with Crippen LogP contribution in [0, 0.1) is 5.92 Å². The van der Waals surface area contributed by atoms with Crippen LogP contribution in [0.1, 0.15) is 20.3 Å². The van der Waals surface area contributed by atoms with E-state index in [1.807, 2.05) is 12.1 Å². The Kier molecular flexibility index (Phi) is 5.42. The van der Waals surface area contributed by atoms with Gasteiger partial charge in [-0.1, -0.05) is 20.3 Å². The summed E-state index contributed by atoms with van der Waals surface area (Å²) in [5, 5.41) is 6.36. The number of amides is 1. The first-order valence-electron chi connectivity index (χ1n) is 10.2. The molecule has 29 heavy (non-hydrogen) atoms. The van der Waals surface area contributed by atoms with Crippen LogP contribution in [0.15, 0.2) is 30.6 Å². The molecule has 0 saturated carbocycles. The third-order valence-electron chi connectivity index (χ3n) is 5.88. The van der Waals surface area contributed by atoms with Crippen LogP contribution in [0.2, 0.25) is 0 Å². The van der Waals surface area contributed by atoms with Crippen molar-refractivity contribution in [2.75, 3.05) is 53.7 Å². The zero-order valence-electron chi connectivity index (χ0n) is 17.2. The Morgan fingerprint density at radius 2 is 1.83 bits per heavy atom. The standard InChI is InChI=1S/C21H28N6O2/c1-4-14(2)17-21(28)25-18-19(24-17)22-13-23-20(18)27-11-9-26(10-12-27)15-5-7-16(29-3)8-6-15/h5-8,13-14,17H,4,9-12H2,1-3H3,(H,25,28)(H,22,23,24). The maximum atomic E-state index is 12.6. The second kappa shape index (κ2) is 8.14. The number of nitrogens with one attached hydrogen (secondary N) is 2. The van der Waals surface area contributed by atoms with E-state index in [4.69, 9.17) is 4.74 Å². The smallest absolute Gasteiger partial charge is 0.247 e. The number of anilines is 4. The molecular formula is C21H28N6O2. The number of methoxy groups -OCH3 is 1. The van der Waals surface area contributed by atoms with Gasteiger partial charge in [-0.25, -0.2) is 9.97 Å². The van der Waals surface area contributed by atoms with Crippen LogP contribution in [0.25, 0.3) is 0 Å². The number of benzene rings is 1. The van der Waals surface area contributed by atoms with Gasteiger partial charge in [-0.15, -0.1) is 0 Å². The quantitative estimate of drug-likeness (QED) is 0.804. The molecule has 0 aliphatic carbocycles. The SMILES string of the molecule is CCC(C)C1Nc2ncnc(N3CCN(c4ccc(OC)cc4)CC3)c2NC1=O. The molecule has 1 fully saturated rings. The molecule has 1 saturated heterocycles. The summed E-state index contributed by atoms with van der Waals surface area (Å²) in [6.45, 7) is 7.55. The number of aromatic nitrogens is 2. The van der Waals surface area contributed by atoms with E-state index in [0.717, 1.165) is 44.2 Å². The van der Waals surface area contributed by atoms with Crippen LogP contribution >= 0.6 is 0 Å². The second-order valence-corrected chi connectivity index (χ2v) is 7.59.